The number of carbonyl (C=O) groups is 1. The summed E-state index contributed by atoms with van der Waals surface area (Å²) in [5.41, 5.74) is 5.40. The van der Waals surface area contributed by atoms with E-state index < -0.39 is 10.8 Å². The second-order valence-electron chi connectivity index (χ2n) is 4.90. The van der Waals surface area contributed by atoms with Crippen LogP contribution in [0.1, 0.15) is 36.5 Å². The number of primary amides is 1. The van der Waals surface area contributed by atoms with Crippen molar-refractivity contribution in [2.45, 2.75) is 26.2 Å². The zero-order valence-corrected chi connectivity index (χ0v) is 12.0. The second-order valence-corrected chi connectivity index (χ2v) is 4.90. The van der Waals surface area contributed by atoms with Crippen LogP contribution in [0.4, 0.5) is 11.4 Å². The summed E-state index contributed by atoms with van der Waals surface area (Å²) in [7, 11) is 0. The van der Waals surface area contributed by atoms with Crippen LogP contribution < -0.4 is 11.1 Å². The van der Waals surface area contributed by atoms with Crippen molar-refractivity contribution in [3.63, 3.8) is 0 Å². The molecule has 0 radical (unpaired) electrons. The molecule has 1 aromatic carbocycles. The van der Waals surface area contributed by atoms with E-state index in [-0.39, 0.29) is 23.8 Å². The van der Waals surface area contributed by atoms with Crippen molar-refractivity contribution in [3.05, 3.63) is 33.9 Å². The molecule has 1 rings (SSSR count). The van der Waals surface area contributed by atoms with Gasteiger partial charge in [-0.3, -0.25) is 14.9 Å². The van der Waals surface area contributed by atoms with E-state index in [4.69, 9.17) is 10.8 Å². The van der Waals surface area contributed by atoms with Crippen molar-refractivity contribution in [2.24, 2.45) is 11.7 Å². The summed E-state index contributed by atoms with van der Waals surface area (Å²) in [4.78, 5) is 21.6. The number of nitrogens with zero attached hydrogens (tertiary/aromatic N) is 1. The molecule has 0 spiro atoms. The molecule has 4 N–H and O–H groups in total. The largest absolute Gasteiger partial charge is 0.396 e. The topological polar surface area (TPSA) is 118 Å². The van der Waals surface area contributed by atoms with E-state index in [9.17, 15) is 14.9 Å². The molecule has 116 valence electrons. The standard InChI is InChI=1S/C14H21N3O4/c1-2-3-10(6-7-18)9-16-12-5-4-11(14(15)19)8-13(12)17(20)21/h4-5,8,10,16,18H,2-3,6-7,9H2,1H3,(H2,15,19). The maximum absolute atomic E-state index is 11.1. The number of aliphatic hydroxyl groups excluding tert-OH is 1. The molecular weight excluding hydrogens is 274 g/mol. The molecule has 7 nitrogen and oxygen atoms in total. The van der Waals surface area contributed by atoms with Gasteiger partial charge in [0.25, 0.3) is 5.69 Å². The average Bonchev–Trinajstić information content (AvgIpc) is 2.44. The molecule has 0 aliphatic carbocycles. The molecule has 1 amide bonds. The summed E-state index contributed by atoms with van der Waals surface area (Å²) in [5.74, 6) is -0.454. The number of amides is 1. The van der Waals surface area contributed by atoms with Gasteiger partial charge in [0.05, 0.1) is 4.92 Å². The van der Waals surface area contributed by atoms with Gasteiger partial charge in [-0.05, 0) is 30.9 Å². The lowest BCUT2D eigenvalue weighted by molar-refractivity contribution is -0.384. The lowest BCUT2D eigenvalue weighted by Gasteiger charge is -2.16. The first-order valence-electron chi connectivity index (χ1n) is 6.92. The molecule has 0 aliphatic rings. The molecule has 0 aliphatic heterocycles. The van der Waals surface area contributed by atoms with Crippen molar-refractivity contribution in [1.29, 1.82) is 0 Å². The normalized spacial score (nSPS) is 11.9. The van der Waals surface area contributed by atoms with Crippen LogP contribution in [-0.4, -0.2) is 29.1 Å². The lowest BCUT2D eigenvalue weighted by atomic mass is 10.00. The van der Waals surface area contributed by atoms with Crippen LogP contribution in [-0.2, 0) is 0 Å². The summed E-state index contributed by atoms with van der Waals surface area (Å²) in [6.07, 6.45) is 2.56. The molecule has 1 aromatic rings. The summed E-state index contributed by atoms with van der Waals surface area (Å²) >= 11 is 0. The monoisotopic (exact) mass is 295 g/mol. The van der Waals surface area contributed by atoms with Gasteiger partial charge in [-0.1, -0.05) is 13.3 Å². The van der Waals surface area contributed by atoms with Gasteiger partial charge in [-0.25, -0.2) is 0 Å². The number of nitrogens with one attached hydrogen (secondary N) is 1. The number of anilines is 1. The second kappa shape index (κ2) is 8.21. The van der Waals surface area contributed by atoms with Gasteiger partial charge in [0, 0.05) is 24.8 Å². The number of benzene rings is 1. The molecule has 0 saturated carbocycles. The Morgan fingerprint density at radius 2 is 2.19 bits per heavy atom. The number of hydrogen-bond donors (Lipinski definition) is 3. The van der Waals surface area contributed by atoms with Gasteiger partial charge in [-0.15, -0.1) is 0 Å². The molecule has 1 unspecified atom stereocenters. The number of nitrogens with two attached hydrogens (primary N) is 1. The van der Waals surface area contributed by atoms with Gasteiger partial charge >= 0.3 is 0 Å². The molecule has 0 heterocycles. The number of rotatable bonds is 9. The Kier molecular flexibility index (Phi) is 6.61. The van der Waals surface area contributed by atoms with Gasteiger partial charge in [0.15, 0.2) is 0 Å². The van der Waals surface area contributed by atoms with Crippen molar-refractivity contribution in [3.8, 4) is 0 Å². The number of nitro groups is 1. The third-order valence-electron chi connectivity index (χ3n) is 3.29. The van der Waals surface area contributed by atoms with Crippen LogP contribution in [0.3, 0.4) is 0 Å². The number of nitro benzene ring substituents is 1. The van der Waals surface area contributed by atoms with Crippen molar-refractivity contribution in [2.75, 3.05) is 18.5 Å². The smallest absolute Gasteiger partial charge is 0.293 e. The van der Waals surface area contributed by atoms with E-state index in [0.29, 0.717) is 18.7 Å². The van der Waals surface area contributed by atoms with Crippen molar-refractivity contribution < 1.29 is 14.8 Å². The Bertz CT molecular complexity index is 499. The van der Waals surface area contributed by atoms with E-state index in [1.54, 1.807) is 0 Å². The number of hydrogen-bond acceptors (Lipinski definition) is 5. The molecule has 0 fully saturated rings. The van der Waals surface area contributed by atoms with Gasteiger partial charge < -0.3 is 16.2 Å². The van der Waals surface area contributed by atoms with E-state index >= 15 is 0 Å². The molecule has 0 bridgehead atoms. The van der Waals surface area contributed by atoms with Crippen molar-refractivity contribution in [1.82, 2.24) is 0 Å². The predicted octanol–water partition coefficient (Wildman–Crippen LogP) is 1.90. The lowest BCUT2D eigenvalue weighted by Crippen LogP contribution is -2.17. The Labute approximate surface area is 123 Å². The fourth-order valence-electron chi connectivity index (χ4n) is 2.18. The molecule has 7 heteroatoms. The fourth-order valence-corrected chi connectivity index (χ4v) is 2.18. The van der Waals surface area contributed by atoms with Crippen LogP contribution in [0.25, 0.3) is 0 Å². The highest BCUT2D eigenvalue weighted by atomic mass is 16.6. The third-order valence-corrected chi connectivity index (χ3v) is 3.29. The van der Waals surface area contributed by atoms with Gasteiger partial charge in [0.2, 0.25) is 5.91 Å². The number of carbonyl (C=O) groups excluding carboxylic acids is 1. The Morgan fingerprint density at radius 1 is 1.48 bits per heavy atom. The zero-order chi connectivity index (χ0) is 15.8. The fraction of sp³-hybridized carbons (Fsp3) is 0.500. The first-order chi connectivity index (χ1) is 9.99. The third kappa shape index (κ3) is 5.03. The van der Waals surface area contributed by atoms with E-state index in [0.717, 1.165) is 12.8 Å². The van der Waals surface area contributed by atoms with E-state index in [1.165, 1.54) is 18.2 Å². The quantitative estimate of drug-likeness (QED) is 0.475. The minimum Gasteiger partial charge on any atom is -0.396 e. The van der Waals surface area contributed by atoms with E-state index in [2.05, 4.69) is 12.2 Å². The SMILES string of the molecule is CCCC(CCO)CNc1ccc(C(N)=O)cc1[N+](=O)[O-]. The van der Waals surface area contributed by atoms with Crippen LogP contribution in [0.2, 0.25) is 0 Å². The average molecular weight is 295 g/mol. The Morgan fingerprint density at radius 3 is 2.71 bits per heavy atom. The van der Waals surface area contributed by atoms with Gasteiger partial charge in [0.1, 0.15) is 5.69 Å². The maximum atomic E-state index is 11.1. The minimum atomic E-state index is -0.700. The first-order valence-corrected chi connectivity index (χ1v) is 6.92. The predicted molar refractivity (Wildman–Crippen MR) is 80.2 cm³/mol. The Balaban J connectivity index is 2.86. The summed E-state index contributed by atoms with van der Waals surface area (Å²) < 4.78 is 0. The zero-order valence-electron chi connectivity index (χ0n) is 12.0. The highest BCUT2D eigenvalue weighted by Crippen LogP contribution is 2.26. The minimum absolute atomic E-state index is 0.0923. The molecular formula is C14H21N3O4. The van der Waals surface area contributed by atoms with Crippen LogP contribution >= 0.6 is 0 Å². The highest BCUT2D eigenvalue weighted by Gasteiger charge is 2.17. The van der Waals surface area contributed by atoms with Crippen LogP contribution in [0.15, 0.2) is 18.2 Å². The van der Waals surface area contributed by atoms with Crippen LogP contribution in [0.5, 0.6) is 0 Å². The summed E-state index contributed by atoms with van der Waals surface area (Å²) in [6.45, 7) is 2.68. The van der Waals surface area contributed by atoms with E-state index in [1.807, 2.05) is 0 Å². The van der Waals surface area contributed by atoms with Crippen LogP contribution in [0, 0.1) is 16.0 Å². The first kappa shape index (κ1) is 16.9. The molecule has 1 atom stereocenters. The highest BCUT2D eigenvalue weighted by molar-refractivity contribution is 5.94. The molecule has 21 heavy (non-hydrogen) atoms. The Hall–Kier alpha value is -2.15. The number of aliphatic hydroxyl groups is 1. The van der Waals surface area contributed by atoms with Gasteiger partial charge in [-0.2, -0.15) is 0 Å². The summed E-state index contributed by atoms with van der Waals surface area (Å²) in [5, 5.41) is 23.1. The molecule has 0 aromatic heterocycles. The summed E-state index contributed by atoms with van der Waals surface area (Å²) in [6, 6.07) is 4.12. The molecule has 0 saturated heterocycles. The maximum Gasteiger partial charge on any atom is 0.293 e. The van der Waals surface area contributed by atoms with Crippen molar-refractivity contribution >= 4 is 17.3 Å².